The Morgan fingerprint density at radius 2 is 1.94 bits per heavy atom. The third-order valence-electron chi connectivity index (χ3n) is 5.48. The van der Waals surface area contributed by atoms with Crippen molar-refractivity contribution in [2.24, 2.45) is 0 Å². The van der Waals surface area contributed by atoms with Crippen LogP contribution in [-0.4, -0.2) is 26.3 Å². The van der Waals surface area contributed by atoms with E-state index in [1.165, 1.54) is 35.3 Å². The number of H-pyrrole nitrogens is 1. The Morgan fingerprint density at radius 1 is 1.09 bits per heavy atom. The van der Waals surface area contributed by atoms with Gasteiger partial charge in [0.25, 0.3) is 17.4 Å². The predicted molar refractivity (Wildman–Crippen MR) is 126 cm³/mol. The van der Waals surface area contributed by atoms with Crippen LogP contribution in [-0.2, 0) is 11.3 Å². The summed E-state index contributed by atoms with van der Waals surface area (Å²) in [5.41, 5.74) is 2.26. The molecule has 8 nitrogen and oxygen atoms in total. The standard InChI is InChI=1S/C25H17F2N5O3/c26-20-5-3-14(8-21(20)27)12-32-7-1-2-17(25(32)35)23(33)30-15-4-6-22-18(9-15)19(24(34)31-22)10-16-11-28-13-29-16/h1-11,13H,12H2,(H,28,29)(H,30,33)(H,31,34)/b19-10-. The first kappa shape index (κ1) is 22.0. The molecule has 0 saturated carbocycles. The number of nitrogens with zero attached hydrogens (tertiary/aromatic N) is 2. The van der Waals surface area contributed by atoms with Crippen molar-refractivity contribution in [3.05, 3.63) is 112 Å². The monoisotopic (exact) mass is 473 g/mol. The predicted octanol–water partition coefficient (Wildman–Crippen LogP) is 3.64. The maximum Gasteiger partial charge on any atom is 0.263 e. The first-order valence-electron chi connectivity index (χ1n) is 10.5. The number of rotatable bonds is 5. The molecule has 35 heavy (non-hydrogen) atoms. The normalized spacial score (nSPS) is 13.5. The minimum atomic E-state index is -1.02. The Labute approximate surface area is 197 Å². The number of aromatic amines is 1. The summed E-state index contributed by atoms with van der Waals surface area (Å²) in [7, 11) is 0. The summed E-state index contributed by atoms with van der Waals surface area (Å²) in [5.74, 6) is -2.94. The van der Waals surface area contributed by atoms with Gasteiger partial charge in [-0.25, -0.2) is 13.8 Å². The van der Waals surface area contributed by atoms with Gasteiger partial charge in [-0.15, -0.1) is 0 Å². The highest BCUT2D eigenvalue weighted by atomic mass is 19.2. The largest absolute Gasteiger partial charge is 0.345 e. The second-order valence-electron chi connectivity index (χ2n) is 7.84. The topological polar surface area (TPSA) is 109 Å². The van der Waals surface area contributed by atoms with E-state index in [0.29, 0.717) is 33.8 Å². The number of fused-ring (bicyclic) bond motifs is 1. The van der Waals surface area contributed by atoms with Gasteiger partial charge < -0.3 is 20.2 Å². The molecule has 5 rings (SSSR count). The lowest BCUT2D eigenvalue weighted by Gasteiger charge is -2.10. The van der Waals surface area contributed by atoms with Crippen molar-refractivity contribution in [1.82, 2.24) is 14.5 Å². The molecule has 2 amide bonds. The average Bonchev–Trinajstić information content (AvgIpc) is 3.46. The van der Waals surface area contributed by atoms with Crippen molar-refractivity contribution in [1.29, 1.82) is 0 Å². The Balaban J connectivity index is 1.39. The number of carbonyl (C=O) groups is 2. The van der Waals surface area contributed by atoms with Crippen LogP contribution in [0.3, 0.4) is 0 Å². The minimum absolute atomic E-state index is 0.0362. The fourth-order valence-corrected chi connectivity index (χ4v) is 3.78. The molecule has 1 aliphatic heterocycles. The molecule has 174 valence electrons. The van der Waals surface area contributed by atoms with E-state index in [1.54, 1.807) is 30.5 Å². The fraction of sp³-hybridized carbons (Fsp3) is 0.0400. The van der Waals surface area contributed by atoms with E-state index >= 15 is 0 Å². The van der Waals surface area contributed by atoms with E-state index in [-0.39, 0.29) is 18.0 Å². The highest BCUT2D eigenvalue weighted by Crippen LogP contribution is 2.35. The molecule has 0 aliphatic carbocycles. The number of anilines is 2. The van der Waals surface area contributed by atoms with Gasteiger partial charge >= 0.3 is 0 Å². The molecular formula is C25H17F2N5O3. The summed E-state index contributed by atoms with van der Waals surface area (Å²) in [4.78, 5) is 45.0. The number of imidazole rings is 1. The summed E-state index contributed by atoms with van der Waals surface area (Å²) < 4.78 is 27.9. The first-order valence-corrected chi connectivity index (χ1v) is 10.5. The Bertz CT molecular complexity index is 1560. The molecule has 0 saturated heterocycles. The van der Waals surface area contributed by atoms with Gasteiger partial charge in [0.2, 0.25) is 0 Å². The zero-order valence-electron chi connectivity index (χ0n) is 18.0. The SMILES string of the molecule is O=C1Nc2ccc(NC(=O)c3cccn(Cc4ccc(F)c(F)c4)c3=O)cc2/C1=C/c1cnc[nH]1. The number of pyridine rings is 1. The van der Waals surface area contributed by atoms with Crippen LogP contribution in [0.5, 0.6) is 0 Å². The Hall–Kier alpha value is -4.86. The summed E-state index contributed by atoms with van der Waals surface area (Å²) in [6.07, 6.45) is 6.17. The molecule has 2 aromatic heterocycles. The molecule has 10 heteroatoms. The van der Waals surface area contributed by atoms with E-state index < -0.39 is 23.1 Å². The lowest BCUT2D eigenvalue weighted by molar-refractivity contribution is -0.110. The van der Waals surface area contributed by atoms with Crippen molar-refractivity contribution < 1.29 is 18.4 Å². The zero-order valence-corrected chi connectivity index (χ0v) is 18.0. The highest BCUT2D eigenvalue weighted by Gasteiger charge is 2.25. The van der Waals surface area contributed by atoms with Gasteiger partial charge in [-0.05, 0) is 54.1 Å². The summed E-state index contributed by atoms with van der Waals surface area (Å²) in [6.45, 7) is -0.0362. The van der Waals surface area contributed by atoms with Gasteiger partial charge in [-0.1, -0.05) is 6.07 Å². The number of hydrogen-bond acceptors (Lipinski definition) is 4. The molecule has 1 aliphatic rings. The van der Waals surface area contributed by atoms with E-state index in [9.17, 15) is 23.2 Å². The number of benzene rings is 2. The quantitative estimate of drug-likeness (QED) is 0.385. The van der Waals surface area contributed by atoms with E-state index in [2.05, 4.69) is 20.6 Å². The zero-order chi connectivity index (χ0) is 24.5. The van der Waals surface area contributed by atoms with Crippen LogP contribution in [0.1, 0.15) is 27.2 Å². The molecule has 0 radical (unpaired) electrons. The number of hydrogen-bond donors (Lipinski definition) is 3. The van der Waals surface area contributed by atoms with Crippen molar-refractivity contribution in [3.8, 4) is 0 Å². The smallest absolute Gasteiger partial charge is 0.263 e. The minimum Gasteiger partial charge on any atom is -0.345 e. The van der Waals surface area contributed by atoms with Gasteiger partial charge in [0.05, 0.1) is 30.3 Å². The van der Waals surface area contributed by atoms with Crippen molar-refractivity contribution in [2.45, 2.75) is 6.54 Å². The van der Waals surface area contributed by atoms with Crippen LogP contribution in [0, 0.1) is 11.6 Å². The van der Waals surface area contributed by atoms with Crippen LogP contribution in [0.4, 0.5) is 20.2 Å². The molecular weight excluding hydrogens is 456 g/mol. The van der Waals surface area contributed by atoms with E-state index in [1.807, 2.05) is 0 Å². The van der Waals surface area contributed by atoms with Gasteiger partial charge in [-0.3, -0.25) is 14.4 Å². The summed E-state index contributed by atoms with van der Waals surface area (Å²) in [5, 5.41) is 5.44. The van der Waals surface area contributed by atoms with Gasteiger partial charge in [0.1, 0.15) is 5.56 Å². The van der Waals surface area contributed by atoms with Crippen molar-refractivity contribution >= 4 is 34.8 Å². The van der Waals surface area contributed by atoms with Crippen LogP contribution in [0.15, 0.2) is 72.0 Å². The lowest BCUT2D eigenvalue weighted by atomic mass is 10.1. The fourth-order valence-electron chi connectivity index (χ4n) is 3.78. The molecule has 3 heterocycles. The maximum atomic E-state index is 13.5. The highest BCUT2D eigenvalue weighted by molar-refractivity contribution is 6.35. The molecule has 0 unspecified atom stereocenters. The molecule has 0 fully saturated rings. The first-order chi connectivity index (χ1) is 16.9. The van der Waals surface area contributed by atoms with Crippen LogP contribution >= 0.6 is 0 Å². The van der Waals surface area contributed by atoms with Crippen LogP contribution < -0.4 is 16.2 Å². The van der Waals surface area contributed by atoms with Gasteiger partial charge in [0, 0.05) is 23.1 Å². The molecule has 0 spiro atoms. The molecule has 2 aromatic carbocycles. The van der Waals surface area contributed by atoms with Crippen molar-refractivity contribution in [3.63, 3.8) is 0 Å². The second-order valence-corrected chi connectivity index (χ2v) is 7.84. The summed E-state index contributed by atoms with van der Waals surface area (Å²) in [6, 6.07) is 11.1. The average molecular weight is 473 g/mol. The Kier molecular flexibility index (Phi) is 5.54. The third kappa shape index (κ3) is 4.36. The molecule has 3 N–H and O–H groups in total. The number of aromatic nitrogens is 3. The van der Waals surface area contributed by atoms with Crippen LogP contribution in [0.2, 0.25) is 0 Å². The van der Waals surface area contributed by atoms with Crippen LogP contribution in [0.25, 0.3) is 11.6 Å². The van der Waals surface area contributed by atoms with Gasteiger partial charge in [-0.2, -0.15) is 0 Å². The molecule has 4 aromatic rings. The number of halogens is 2. The molecule has 0 bridgehead atoms. The number of amides is 2. The second kappa shape index (κ2) is 8.82. The number of nitrogens with one attached hydrogen (secondary N) is 3. The molecule has 0 atom stereocenters. The lowest BCUT2D eigenvalue weighted by Crippen LogP contribution is -2.29. The summed E-state index contributed by atoms with van der Waals surface area (Å²) >= 11 is 0. The Morgan fingerprint density at radius 3 is 2.71 bits per heavy atom. The van der Waals surface area contributed by atoms with Gasteiger partial charge in [0.15, 0.2) is 11.6 Å². The van der Waals surface area contributed by atoms with Crippen molar-refractivity contribution in [2.75, 3.05) is 10.6 Å². The maximum absolute atomic E-state index is 13.5. The van der Waals surface area contributed by atoms with E-state index in [4.69, 9.17) is 0 Å². The third-order valence-corrected chi connectivity index (χ3v) is 5.48. The van der Waals surface area contributed by atoms with E-state index in [0.717, 1.165) is 12.1 Å². The number of carbonyl (C=O) groups excluding carboxylic acids is 2.